The molecule has 3 nitrogen and oxygen atoms in total. The van der Waals surface area contributed by atoms with Crippen LogP contribution in [0.25, 0.3) is 22.6 Å². The topological polar surface area (TPSA) is 41.8 Å². The van der Waals surface area contributed by atoms with Gasteiger partial charge in [0, 0.05) is 11.6 Å². The SMILES string of the molecule is S=c1ccnc(-c2cc3ccccc3o2)[nH]1. The standard InChI is InChI=1S/C12H8N2OS/c16-11-5-6-13-12(14-11)10-7-8-3-1-2-4-9(8)15-10/h1-7H,(H,13,14,16). The van der Waals surface area contributed by atoms with Gasteiger partial charge in [0.05, 0.1) is 0 Å². The molecule has 3 rings (SSSR count). The van der Waals surface area contributed by atoms with Crippen LogP contribution < -0.4 is 0 Å². The third-order valence-electron chi connectivity index (χ3n) is 2.33. The third kappa shape index (κ3) is 1.53. The number of nitrogens with one attached hydrogen (secondary N) is 1. The smallest absolute Gasteiger partial charge is 0.174 e. The highest BCUT2D eigenvalue weighted by atomic mass is 32.1. The Balaban J connectivity index is 2.23. The molecular weight excluding hydrogens is 220 g/mol. The Morgan fingerprint density at radius 2 is 2.06 bits per heavy atom. The van der Waals surface area contributed by atoms with E-state index in [0.717, 1.165) is 11.0 Å². The lowest BCUT2D eigenvalue weighted by molar-refractivity contribution is 0.625. The van der Waals surface area contributed by atoms with E-state index in [2.05, 4.69) is 9.97 Å². The van der Waals surface area contributed by atoms with Crippen LogP contribution in [0.15, 0.2) is 47.0 Å². The van der Waals surface area contributed by atoms with Crippen LogP contribution in [0.3, 0.4) is 0 Å². The first-order valence-corrected chi connectivity index (χ1v) is 5.28. The second-order valence-electron chi connectivity index (χ2n) is 3.43. The minimum absolute atomic E-state index is 0.644. The summed E-state index contributed by atoms with van der Waals surface area (Å²) in [6.07, 6.45) is 1.67. The average Bonchev–Trinajstić information content (AvgIpc) is 2.72. The van der Waals surface area contributed by atoms with Crippen molar-refractivity contribution in [3.63, 3.8) is 0 Å². The zero-order chi connectivity index (χ0) is 11.0. The number of furan rings is 1. The fourth-order valence-electron chi connectivity index (χ4n) is 1.59. The van der Waals surface area contributed by atoms with E-state index < -0.39 is 0 Å². The first-order chi connectivity index (χ1) is 7.83. The molecule has 1 N–H and O–H groups in total. The lowest BCUT2D eigenvalue weighted by atomic mass is 10.2. The highest BCUT2D eigenvalue weighted by Gasteiger charge is 2.06. The summed E-state index contributed by atoms with van der Waals surface area (Å²) < 4.78 is 6.31. The molecule has 2 heterocycles. The van der Waals surface area contributed by atoms with Crippen LogP contribution in [-0.2, 0) is 0 Å². The molecular formula is C12H8N2OS. The molecule has 0 saturated heterocycles. The zero-order valence-electron chi connectivity index (χ0n) is 8.31. The van der Waals surface area contributed by atoms with Crippen molar-refractivity contribution in [3.05, 3.63) is 47.2 Å². The minimum atomic E-state index is 0.644. The van der Waals surface area contributed by atoms with E-state index in [9.17, 15) is 0 Å². The molecule has 1 aromatic carbocycles. The van der Waals surface area contributed by atoms with Gasteiger partial charge in [-0.2, -0.15) is 0 Å². The molecule has 0 fully saturated rings. The number of aromatic amines is 1. The molecule has 0 aliphatic carbocycles. The second-order valence-corrected chi connectivity index (χ2v) is 3.87. The van der Waals surface area contributed by atoms with Gasteiger partial charge in [0.1, 0.15) is 10.2 Å². The molecule has 4 heteroatoms. The number of nitrogens with zero attached hydrogens (tertiary/aromatic N) is 1. The normalized spacial score (nSPS) is 10.8. The Hall–Kier alpha value is -1.94. The number of para-hydroxylation sites is 1. The average molecular weight is 228 g/mol. The van der Waals surface area contributed by atoms with Gasteiger partial charge in [-0.1, -0.05) is 30.4 Å². The number of fused-ring (bicyclic) bond motifs is 1. The molecule has 0 unspecified atom stereocenters. The summed E-state index contributed by atoms with van der Waals surface area (Å²) >= 11 is 5.04. The molecule has 16 heavy (non-hydrogen) atoms. The lowest BCUT2D eigenvalue weighted by Gasteiger charge is -1.93. The zero-order valence-corrected chi connectivity index (χ0v) is 9.12. The number of hydrogen-bond acceptors (Lipinski definition) is 3. The Bertz CT molecular complexity index is 666. The van der Waals surface area contributed by atoms with Crippen molar-refractivity contribution in [1.82, 2.24) is 9.97 Å². The Morgan fingerprint density at radius 3 is 2.88 bits per heavy atom. The molecule has 0 spiro atoms. The lowest BCUT2D eigenvalue weighted by Crippen LogP contribution is -1.85. The molecule has 0 aliphatic rings. The molecule has 0 aliphatic heterocycles. The monoisotopic (exact) mass is 228 g/mol. The Kier molecular flexibility index (Phi) is 2.08. The van der Waals surface area contributed by atoms with E-state index in [-0.39, 0.29) is 0 Å². The van der Waals surface area contributed by atoms with Crippen molar-refractivity contribution in [3.8, 4) is 11.6 Å². The van der Waals surface area contributed by atoms with Crippen LogP contribution in [-0.4, -0.2) is 9.97 Å². The van der Waals surface area contributed by atoms with Crippen molar-refractivity contribution in [2.45, 2.75) is 0 Å². The third-order valence-corrected chi connectivity index (χ3v) is 2.57. The van der Waals surface area contributed by atoms with Crippen molar-refractivity contribution in [2.24, 2.45) is 0 Å². The maximum atomic E-state index is 5.67. The van der Waals surface area contributed by atoms with Crippen LogP contribution in [0, 0.1) is 4.64 Å². The first kappa shape index (κ1) is 9.30. The van der Waals surface area contributed by atoms with Crippen molar-refractivity contribution in [1.29, 1.82) is 0 Å². The van der Waals surface area contributed by atoms with Gasteiger partial charge in [0.25, 0.3) is 0 Å². The maximum absolute atomic E-state index is 5.67. The number of aromatic nitrogens is 2. The molecule has 0 atom stereocenters. The molecule has 0 amide bonds. The summed E-state index contributed by atoms with van der Waals surface area (Å²) in [5.41, 5.74) is 0.850. The van der Waals surface area contributed by atoms with Crippen LogP contribution in [0.4, 0.5) is 0 Å². The van der Waals surface area contributed by atoms with Crippen LogP contribution in [0.1, 0.15) is 0 Å². The molecule has 78 valence electrons. The fourth-order valence-corrected chi connectivity index (χ4v) is 1.75. The van der Waals surface area contributed by atoms with E-state index in [4.69, 9.17) is 16.6 Å². The highest BCUT2D eigenvalue weighted by Crippen LogP contribution is 2.24. The van der Waals surface area contributed by atoms with Gasteiger partial charge in [-0.15, -0.1) is 0 Å². The van der Waals surface area contributed by atoms with Gasteiger partial charge < -0.3 is 9.40 Å². The van der Waals surface area contributed by atoms with Gasteiger partial charge >= 0.3 is 0 Å². The minimum Gasteiger partial charge on any atom is -0.453 e. The van der Waals surface area contributed by atoms with E-state index in [1.54, 1.807) is 12.3 Å². The van der Waals surface area contributed by atoms with Crippen LogP contribution >= 0.6 is 12.2 Å². The van der Waals surface area contributed by atoms with Gasteiger partial charge in [0.15, 0.2) is 11.6 Å². The van der Waals surface area contributed by atoms with E-state index in [1.807, 2.05) is 30.3 Å². The number of rotatable bonds is 1. The first-order valence-electron chi connectivity index (χ1n) is 4.87. The van der Waals surface area contributed by atoms with E-state index >= 15 is 0 Å². The van der Waals surface area contributed by atoms with Crippen molar-refractivity contribution in [2.75, 3.05) is 0 Å². The second kappa shape index (κ2) is 3.57. The molecule has 0 saturated carbocycles. The molecule has 0 bridgehead atoms. The fraction of sp³-hybridized carbons (Fsp3) is 0. The van der Waals surface area contributed by atoms with Gasteiger partial charge in [-0.3, -0.25) is 0 Å². The Morgan fingerprint density at radius 1 is 1.19 bits per heavy atom. The van der Waals surface area contributed by atoms with Crippen LogP contribution in [0.5, 0.6) is 0 Å². The van der Waals surface area contributed by atoms with Gasteiger partial charge in [0.2, 0.25) is 0 Å². The van der Waals surface area contributed by atoms with Crippen molar-refractivity contribution >= 4 is 23.2 Å². The predicted octanol–water partition coefficient (Wildman–Crippen LogP) is 3.55. The number of H-pyrrole nitrogens is 1. The number of benzene rings is 1. The highest BCUT2D eigenvalue weighted by molar-refractivity contribution is 7.71. The molecule has 3 aromatic rings. The van der Waals surface area contributed by atoms with Crippen LogP contribution in [0.2, 0.25) is 0 Å². The Labute approximate surface area is 96.8 Å². The van der Waals surface area contributed by atoms with Gasteiger partial charge in [-0.05, 0) is 18.2 Å². The predicted molar refractivity (Wildman–Crippen MR) is 64.6 cm³/mol. The summed E-state index contributed by atoms with van der Waals surface area (Å²) in [7, 11) is 0. The van der Waals surface area contributed by atoms with Crippen molar-refractivity contribution < 1.29 is 4.42 Å². The summed E-state index contributed by atoms with van der Waals surface area (Å²) in [4.78, 5) is 7.18. The summed E-state index contributed by atoms with van der Waals surface area (Å²) in [6, 6.07) is 11.5. The number of hydrogen-bond donors (Lipinski definition) is 1. The molecule has 2 aromatic heterocycles. The summed E-state index contributed by atoms with van der Waals surface area (Å²) in [5, 5.41) is 1.06. The summed E-state index contributed by atoms with van der Waals surface area (Å²) in [6.45, 7) is 0. The van der Waals surface area contributed by atoms with E-state index in [0.29, 0.717) is 16.2 Å². The molecule has 0 radical (unpaired) electrons. The summed E-state index contributed by atoms with van der Waals surface area (Å²) in [5.74, 6) is 1.36. The maximum Gasteiger partial charge on any atom is 0.174 e. The largest absolute Gasteiger partial charge is 0.453 e. The van der Waals surface area contributed by atoms with Gasteiger partial charge in [-0.25, -0.2) is 4.98 Å². The quantitative estimate of drug-likeness (QED) is 0.647. The van der Waals surface area contributed by atoms with E-state index in [1.165, 1.54) is 0 Å².